The number of pyridine rings is 1. The van der Waals surface area contributed by atoms with Gasteiger partial charge in [0.25, 0.3) is 5.91 Å². The highest BCUT2D eigenvalue weighted by molar-refractivity contribution is 5.96. The fourth-order valence-electron chi connectivity index (χ4n) is 2.31. The van der Waals surface area contributed by atoms with Crippen LogP contribution >= 0.6 is 0 Å². The number of aromatic nitrogens is 3. The second kappa shape index (κ2) is 6.39. The predicted octanol–water partition coefficient (Wildman–Crippen LogP) is 2.62. The van der Waals surface area contributed by atoms with Gasteiger partial charge in [-0.25, -0.2) is 9.67 Å². The molecule has 0 saturated heterocycles. The predicted molar refractivity (Wildman–Crippen MR) is 85.7 cm³/mol. The summed E-state index contributed by atoms with van der Waals surface area (Å²) in [5.74, 6) is -0.0907. The molecule has 0 unspecified atom stereocenters. The van der Waals surface area contributed by atoms with E-state index in [2.05, 4.69) is 27.5 Å². The van der Waals surface area contributed by atoms with Crippen LogP contribution in [0.1, 0.15) is 29.3 Å². The van der Waals surface area contributed by atoms with Crippen LogP contribution in [0.5, 0.6) is 0 Å². The van der Waals surface area contributed by atoms with E-state index < -0.39 is 0 Å². The van der Waals surface area contributed by atoms with E-state index in [0.717, 1.165) is 17.5 Å². The van der Waals surface area contributed by atoms with E-state index in [-0.39, 0.29) is 5.91 Å². The number of hydrogen-bond acceptors (Lipinski definition) is 3. The minimum Gasteiger partial charge on any atom is -0.352 e. The standard InChI is InChI=1S/C17H18N4O/c1-2-8-18-17(22)15-9-14-11-20-21(16(14)19-10-15)12-13-6-4-3-5-7-13/h3-7,9-11H,2,8,12H2,1H3,(H,18,22). The zero-order chi connectivity index (χ0) is 15.4. The van der Waals surface area contributed by atoms with E-state index in [1.807, 2.05) is 35.9 Å². The highest BCUT2D eigenvalue weighted by Crippen LogP contribution is 2.14. The molecule has 0 bridgehead atoms. The Kier molecular flexibility index (Phi) is 4.14. The maximum absolute atomic E-state index is 12.0. The summed E-state index contributed by atoms with van der Waals surface area (Å²) in [6.07, 6.45) is 4.27. The van der Waals surface area contributed by atoms with Crippen LogP contribution in [0, 0.1) is 0 Å². The number of rotatable bonds is 5. The number of carbonyl (C=O) groups is 1. The monoisotopic (exact) mass is 294 g/mol. The summed E-state index contributed by atoms with van der Waals surface area (Å²) in [4.78, 5) is 16.4. The summed E-state index contributed by atoms with van der Waals surface area (Å²) in [5.41, 5.74) is 2.52. The molecule has 5 nitrogen and oxygen atoms in total. The molecule has 1 aromatic carbocycles. The number of carbonyl (C=O) groups excluding carboxylic acids is 1. The third-order valence-corrected chi connectivity index (χ3v) is 3.45. The minimum atomic E-state index is -0.0907. The van der Waals surface area contributed by atoms with Crippen molar-refractivity contribution in [3.8, 4) is 0 Å². The van der Waals surface area contributed by atoms with Crippen LogP contribution in [0.15, 0.2) is 48.8 Å². The largest absolute Gasteiger partial charge is 0.352 e. The molecule has 3 aromatic rings. The number of hydrogen-bond donors (Lipinski definition) is 1. The van der Waals surface area contributed by atoms with Gasteiger partial charge in [-0.05, 0) is 18.1 Å². The molecule has 0 spiro atoms. The molecule has 112 valence electrons. The second-order valence-electron chi connectivity index (χ2n) is 5.18. The molecule has 0 aliphatic carbocycles. The normalized spacial score (nSPS) is 10.8. The molecule has 0 atom stereocenters. The number of nitrogens with one attached hydrogen (secondary N) is 1. The highest BCUT2D eigenvalue weighted by Gasteiger charge is 2.10. The summed E-state index contributed by atoms with van der Waals surface area (Å²) in [6, 6.07) is 11.9. The van der Waals surface area contributed by atoms with Gasteiger partial charge in [-0.3, -0.25) is 4.79 Å². The summed E-state index contributed by atoms with van der Waals surface area (Å²) in [5, 5.41) is 8.10. The average molecular weight is 294 g/mol. The zero-order valence-electron chi connectivity index (χ0n) is 12.5. The van der Waals surface area contributed by atoms with Crippen LogP contribution in [-0.4, -0.2) is 27.2 Å². The minimum absolute atomic E-state index is 0.0907. The molecule has 22 heavy (non-hydrogen) atoms. The molecule has 1 amide bonds. The maximum atomic E-state index is 12.0. The van der Waals surface area contributed by atoms with Crippen molar-refractivity contribution in [3.05, 3.63) is 59.9 Å². The van der Waals surface area contributed by atoms with Crippen molar-refractivity contribution in [2.24, 2.45) is 0 Å². The van der Waals surface area contributed by atoms with E-state index in [1.54, 1.807) is 12.4 Å². The fraction of sp³-hybridized carbons (Fsp3) is 0.235. The summed E-state index contributed by atoms with van der Waals surface area (Å²) < 4.78 is 1.85. The molecular formula is C17H18N4O. The van der Waals surface area contributed by atoms with Crippen LogP contribution in [-0.2, 0) is 6.54 Å². The van der Waals surface area contributed by atoms with Crippen molar-refractivity contribution in [2.75, 3.05) is 6.54 Å². The zero-order valence-corrected chi connectivity index (χ0v) is 12.5. The van der Waals surface area contributed by atoms with Crippen molar-refractivity contribution in [1.82, 2.24) is 20.1 Å². The quantitative estimate of drug-likeness (QED) is 0.787. The van der Waals surface area contributed by atoms with Gasteiger partial charge in [0.15, 0.2) is 5.65 Å². The lowest BCUT2D eigenvalue weighted by Gasteiger charge is -2.05. The van der Waals surface area contributed by atoms with Gasteiger partial charge < -0.3 is 5.32 Å². The maximum Gasteiger partial charge on any atom is 0.252 e. The first-order valence-electron chi connectivity index (χ1n) is 7.41. The molecular weight excluding hydrogens is 276 g/mol. The molecule has 3 rings (SSSR count). The van der Waals surface area contributed by atoms with E-state index in [1.165, 1.54) is 5.56 Å². The van der Waals surface area contributed by atoms with Gasteiger partial charge in [-0.15, -0.1) is 0 Å². The third-order valence-electron chi connectivity index (χ3n) is 3.45. The van der Waals surface area contributed by atoms with Crippen molar-refractivity contribution < 1.29 is 4.79 Å². The summed E-state index contributed by atoms with van der Waals surface area (Å²) in [7, 11) is 0. The molecule has 5 heteroatoms. The summed E-state index contributed by atoms with van der Waals surface area (Å²) in [6.45, 7) is 3.36. The van der Waals surface area contributed by atoms with Gasteiger partial charge in [0.1, 0.15) is 0 Å². The molecule has 1 N–H and O–H groups in total. The average Bonchev–Trinajstić information content (AvgIpc) is 2.96. The molecule has 0 fully saturated rings. The van der Waals surface area contributed by atoms with Crippen LogP contribution in [0.2, 0.25) is 0 Å². The van der Waals surface area contributed by atoms with Crippen LogP contribution in [0.4, 0.5) is 0 Å². The highest BCUT2D eigenvalue weighted by atomic mass is 16.1. The van der Waals surface area contributed by atoms with Crippen LogP contribution < -0.4 is 5.32 Å². The Hall–Kier alpha value is -2.69. The Morgan fingerprint density at radius 3 is 2.82 bits per heavy atom. The van der Waals surface area contributed by atoms with E-state index in [0.29, 0.717) is 18.7 Å². The Balaban J connectivity index is 1.85. The third kappa shape index (κ3) is 2.98. The molecule has 0 saturated carbocycles. The Labute approximate surface area is 129 Å². The van der Waals surface area contributed by atoms with Gasteiger partial charge >= 0.3 is 0 Å². The molecule has 2 aromatic heterocycles. The van der Waals surface area contributed by atoms with Crippen molar-refractivity contribution in [3.63, 3.8) is 0 Å². The SMILES string of the molecule is CCCNC(=O)c1cnc2c(cnn2Cc2ccccc2)c1. The van der Waals surface area contributed by atoms with Gasteiger partial charge in [0.2, 0.25) is 0 Å². The van der Waals surface area contributed by atoms with E-state index in [9.17, 15) is 4.79 Å². The van der Waals surface area contributed by atoms with Crippen molar-refractivity contribution in [1.29, 1.82) is 0 Å². The van der Waals surface area contributed by atoms with Crippen LogP contribution in [0.3, 0.4) is 0 Å². The van der Waals surface area contributed by atoms with E-state index >= 15 is 0 Å². The Morgan fingerprint density at radius 2 is 2.05 bits per heavy atom. The van der Waals surface area contributed by atoms with Gasteiger partial charge in [-0.1, -0.05) is 37.3 Å². The Morgan fingerprint density at radius 1 is 1.23 bits per heavy atom. The lowest BCUT2D eigenvalue weighted by molar-refractivity contribution is 0.0953. The number of nitrogens with zero attached hydrogens (tertiary/aromatic N) is 3. The van der Waals surface area contributed by atoms with E-state index in [4.69, 9.17) is 0 Å². The number of amides is 1. The van der Waals surface area contributed by atoms with Gasteiger partial charge in [0, 0.05) is 18.1 Å². The van der Waals surface area contributed by atoms with Crippen LogP contribution in [0.25, 0.3) is 11.0 Å². The van der Waals surface area contributed by atoms with Crippen molar-refractivity contribution >= 4 is 16.9 Å². The first-order chi connectivity index (χ1) is 10.8. The fourth-order valence-corrected chi connectivity index (χ4v) is 2.31. The smallest absolute Gasteiger partial charge is 0.252 e. The lowest BCUT2D eigenvalue weighted by Crippen LogP contribution is -2.24. The second-order valence-corrected chi connectivity index (χ2v) is 5.18. The first-order valence-corrected chi connectivity index (χ1v) is 7.41. The van der Waals surface area contributed by atoms with Gasteiger partial charge in [0.05, 0.1) is 18.3 Å². The van der Waals surface area contributed by atoms with Gasteiger partial charge in [-0.2, -0.15) is 5.10 Å². The molecule has 0 aliphatic heterocycles. The number of benzene rings is 1. The topological polar surface area (TPSA) is 59.8 Å². The lowest BCUT2D eigenvalue weighted by atomic mass is 10.2. The van der Waals surface area contributed by atoms with Crippen molar-refractivity contribution in [2.45, 2.75) is 19.9 Å². The molecule has 0 radical (unpaired) electrons. The molecule has 0 aliphatic rings. The summed E-state index contributed by atoms with van der Waals surface area (Å²) >= 11 is 0. The first kappa shape index (κ1) is 14.3. The molecule has 2 heterocycles. The number of fused-ring (bicyclic) bond motifs is 1. The Bertz CT molecular complexity index is 780.